The Bertz CT molecular complexity index is 401. The van der Waals surface area contributed by atoms with Gasteiger partial charge < -0.3 is 20.5 Å². The van der Waals surface area contributed by atoms with Crippen molar-refractivity contribution < 1.29 is 9.84 Å². The maximum absolute atomic E-state index is 9.50. The first-order valence-corrected chi connectivity index (χ1v) is 6.42. The number of piperidine rings is 1. The number of hydrogen-bond donors (Lipinski definition) is 2. The van der Waals surface area contributed by atoms with Gasteiger partial charge in [0.2, 0.25) is 5.88 Å². The van der Waals surface area contributed by atoms with Gasteiger partial charge in [0.15, 0.2) is 0 Å². The fraction of sp³-hybridized carbons (Fsp3) is 0.615. The number of aliphatic hydroxyl groups excluding tert-OH is 1. The molecule has 1 fully saturated rings. The van der Waals surface area contributed by atoms with Crippen LogP contribution in [-0.4, -0.2) is 35.4 Å². The first kappa shape index (κ1) is 13.0. The number of nitrogen functional groups attached to an aromatic ring is 1. The Labute approximate surface area is 108 Å². The Kier molecular flexibility index (Phi) is 3.91. The lowest BCUT2D eigenvalue weighted by atomic mass is 10.1. The minimum absolute atomic E-state index is 0.0539. The van der Waals surface area contributed by atoms with Crippen molar-refractivity contribution >= 4 is 11.5 Å². The van der Waals surface area contributed by atoms with Crippen LogP contribution in [-0.2, 0) is 0 Å². The monoisotopic (exact) mass is 251 g/mol. The van der Waals surface area contributed by atoms with Crippen LogP contribution >= 0.6 is 0 Å². The van der Waals surface area contributed by atoms with Crippen LogP contribution in [0.15, 0.2) is 12.1 Å². The standard InChI is InChI=1S/C13H21N3O2/c1-9(2)18-13-11(14)3-4-12(15-13)16-7-5-10(17)6-8-16/h3-4,9-10,17H,5-8,14H2,1-2H3. The topological polar surface area (TPSA) is 71.6 Å². The van der Waals surface area contributed by atoms with E-state index < -0.39 is 0 Å². The molecule has 1 saturated heterocycles. The largest absolute Gasteiger partial charge is 0.473 e. The summed E-state index contributed by atoms with van der Waals surface area (Å²) in [6.07, 6.45) is 1.44. The van der Waals surface area contributed by atoms with Crippen LogP contribution in [0, 0.1) is 0 Å². The number of ether oxygens (including phenoxy) is 1. The van der Waals surface area contributed by atoms with Crippen LogP contribution in [0.25, 0.3) is 0 Å². The van der Waals surface area contributed by atoms with Crippen molar-refractivity contribution in [3.63, 3.8) is 0 Å². The zero-order valence-electron chi connectivity index (χ0n) is 11.0. The predicted octanol–water partition coefficient (Wildman–Crippen LogP) is 1.41. The molecule has 1 aliphatic heterocycles. The summed E-state index contributed by atoms with van der Waals surface area (Å²) >= 11 is 0. The van der Waals surface area contributed by atoms with Crippen LogP contribution in [0.3, 0.4) is 0 Å². The molecule has 5 nitrogen and oxygen atoms in total. The quantitative estimate of drug-likeness (QED) is 0.850. The van der Waals surface area contributed by atoms with Gasteiger partial charge in [0.1, 0.15) is 5.82 Å². The fourth-order valence-electron chi connectivity index (χ4n) is 2.03. The highest BCUT2D eigenvalue weighted by Crippen LogP contribution is 2.25. The first-order chi connectivity index (χ1) is 8.56. The van der Waals surface area contributed by atoms with E-state index in [4.69, 9.17) is 10.5 Å². The molecule has 0 aromatic carbocycles. The number of pyridine rings is 1. The number of nitrogens with zero attached hydrogens (tertiary/aromatic N) is 2. The summed E-state index contributed by atoms with van der Waals surface area (Å²) in [6.45, 7) is 5.54. The summed E-state index contributed by atoms with van der Waals surface area (Å²) < 4.78 is 5.59. The third kappa shape index (κ3) is 3.04. The van der Waals surface area contributed by atoms with Gasteiger partial charge >= 0.3 is 0 Å². The number of rotatable bonds is 3. The van der Waals surface area contributed by atoms with E-state index in [0.717, 1.165) is 31.7 Å². The molecule has 0 spiro atoms. The maximum Gasteiger partial charge on any atom is 0.239 e. The highest BCUT2D eigenvalue weighted by Gasteiger charge is 2.19. The van der Waals surface area contributed by atoms with E-state index in [1.807, 2.05) is 26.0 Å². The van der Waals surface area contributed by atoms with Crippen molar-refractivity contribution in [2.75, 3.05) is 23.7 Å². The molecule has 2 heterocycles. The summed E-state index contributed by atoms with van der Waals surface area (Å²) in [5.41, 5.74) is 6.40. The Morgan fingerprint density at radius 1 is 1.39 bits per heavy atom. The van der Waals surface area contributed by atoms with Gasteiger partial charge in [-0.15, -0.1) is 0 Å². The maximum atomic E-state index is 9.50. The lowest BCUT2D eigenvalue weighted by Crippen LogP contribution is -2.36. The second-order valence-electron chi connectivity index (χ2n) is 4.95. The second-order valence-corrected chi connectivity index (χ2v) is 4.95. The van der Waals surface area contributed by atoms with Crippen molar-refractivity contribution in [1.29, 1.82) is 0 Å². The Balaban J connectivity index is 2.13. The fourth-order valence-corrected chi connectivity index (χ4v) is 2.03. The van der Waals surface area contributed by atoms with E-state index in [9.17, 15) is 5.11 Å². The van der Waals surface area contributed by atoms with Crippen LogP contribution in [0.5, 0.6) is 5.88 Å². The first-order valence-electron chi connectivity index (χ1n) is 6.42. The summed E-state index contributed by atoms with van der Waals surface area (Å²) in [5.74, 6) is 1.36. The van der Waals surface area contributed by atoms with Gasteiger partial charge in [0.05, 0.1) is 17.9 Å². The molecule has 2 rings (SSSR count). The van der Waals surface area contributed by atoms with Crippen LogP contribution in [0.1, 0.15) is 26.7 Å². The molecule has 18 heavy (non-hydrogen) atoms. The Morgan fingerprint density at radius 3 is 2.67 bits per heavy atom. The zero-order valence-corrected chi connectivity index (χ0v) is 11.0. The molecule has 5 heteroatoms. The molecular weight excluding hydrogens is 230 g/mol. The molecule has 0 saturated carbocycles. The Hall–Kier alpha value is -1.49. The van der Waals surface area contributed by atoms with Gasteiger partial charge in [-0.3, -0.25) is 0 Å². The lowest BCUT2D eigenvalue weighted by Gasteiger charge is -2.30. The third-order valence-corrected chi connectivity index (χ3v) is 3.01. The average molecular weight is 251 g/mol. The van der Waals surface area contributed by atoms with Gasteiger partial charge in [-0.05, 0) is 38.8 Å². The SMILES string of the molecule is CC(C)Oc1nc(N2CCC(O)CC2)ccc1N. The third-order valence-electron chi connectivity index (χ3n) is 3.01. The van der Waals surface area contributed by atoms with E-state index >= 15 is 0 Å². The Morgan fingerprint density at radius 2 is 2.06 bits per heavy atom. The lowest BCUT2D eigenvalue weighted by molar-refractivity contribution is 0.145. The molecule has 0 unspecified atom stereocenters. The number of anilines is 2. The van der Waals surface area contributed by atoms with Gasteiger partial charge in [0.25, 0.3) is 0 Å². The smallest absolute Gasteiger partial charge is 0.239 e. The van der Waals surface area contributed by atoms with Crippen molar-refractivity contribution in [3.8, 4) is 5.88 Å². The van der Waals surface area contributed by atoms with Gasteiger partial charge in [0, 0.05) is 13.1 Å². The van der Waals surface area contributed by atoms with E-state index in [0.29, 0.717) is 11.6 Å². The van der Waals surface area contributed by atoms with Crippen molar-refractivity contribution in [1.82, 2.24) is 4.98 Å². The minimum atomic E-state index is -0.179. The highest BCUT2D eigenvalue weighted by molar-refractivity contribution is 5.54. The molecule has 0 atom stereocenters. The van der Waals surface area contributed by atoms with Gasteiger partial charge in [-0.25, -0.2) is 0 Å². The molecule has 0 radical (unpaired) electrons. The summed E-state index contributed by atoms with van der Waals surface area (Å²) in [4.78, 5) is 6.61. The molecule has 1 aliphatic rings. The van der Waals surface area contributed by atoms with Gasteiger partial charge in [-0.1, -0.05) is 0 Å². The average Bonchev–Trinajstić information content (AvgIpc) is 2.32. The predicted molar refractivity (Wildman–Crippen MR) is 71.9 cm³/mol. The molecule has 0 bridgehead atoms. The summed E-state index contributed by atoms with van der Waals surface area (Å²) in [7, 11) is 0. The van der Waals surface area contributed by atoms with Gasteiger partial charge in [-0.2, -0.15) is 4.98 Å². The van der Waals surface area contributed by atoms with Crippen LogP contribution < -0.4 is 15.4 Å². The van der Waals surface area contributed by atoms with Crippen molar-refractivity contribution in [3.05, 3.63) is 12.1 Å². The second kappa shape index (κ2) is 5.44. The number of aromatic nitrogens is 1. The summed E-state index contributed by atoms with van der Waals surface area (Å²) in [6, 6.07) is 3.73. The minimum Gasteiger partial charge on any atom is -0.473 e. The van der Waals surface area contributed by atoms with Crippen molar-refractivity contribution in [2.24, 2.45) is 0 Å². The highest BCUT2D eigenvalue weighted by atomic mass is 16.5. The molecular formula is C13H21N3O2. The molecule has 1 aromatic heterocycles. The molecule has 0 amide bonds. The van der Waals surface area contributed by atoms with E-state index in [2.05, 4.69) is 9.88 Å². The van der Waals surface area contributed by atoms with Crippen molar-refractivity contribution in [2.45, 2.75) is 38.9 Å². The zero-order chi connectivity index (χ0) is 13.1. The van der Waals surface area contributed by atoms with E-state index in [1.54, 1.807) is 0 Å². The van der Waals surface area contributed by atoms with E-state index in [1.165, 1.54) is 0 Å². The molecule has 1 aromatic rings. The van der Waals surface area contributed by atoms with Crippen LogP contribution in [0.4, 0.5) is 11.5 Å². The van der Waals surface area contributed by atoms with E-state index in [-0.39, 0.29) is 12.2 Å². The number of aliphatic hydroxyl groups is 1. The normalized spacial score (nSPS) is 17.2. The number of nitrogens with two attached hydrogens (primary N) is 1. The molecule has 100 valence electrons. The van der Waals surface area contributed by atoms with Crippen LogP contribution in [0.2, 0.25) is 0 Å². The molecule has 3 N–H and O–H groups in total. The summed E-state index contributed by atoms with van der Waals surface area (Å²) in [5, 5.41) is 9.50. The number of hydrogen-bond acceptors (Lipinski definition) is 5. The molecule has 0 aliphatic carbocycles.